The van der Waals surface area contributed by atoms with E-state index >= 15 is 0 Å². The fraction of sp³-hybridized carbons (Fsp3) is 0.500. The summed E-state index contributed by atoms with van der Waals surface area (Å²) >= 11 is 0. The molecule has 6 nitrogen and oxygen atoms in total. The van der Waals surface area contributed by atoms with Gasteiger partial charge in [-0.3, -0.25) is 4.68 Å². The number of aryl methyl sites for hydroxylation is 1. The van der Waals surface area contributed by atoms with Gasteiger partial charge in [0.1, 0.15) is 5.75 Å². The van der Waals surface area contributed by atoms with Gasteiger partial charge >= 0.3 is 0 Å². The predicted molar refractivity (Wildman–Crippen MR) is 96.5 cm³/mol. The quantitative estimate of drug-likeness (QED) is 0.808. The second kappa shape index (κ2) is 7.93. The lowest BCUT2D eigenvalue weighted by Gasteiger charge is -2.32. The number of halogens is 2. The zero-order valence-corrected chi connectivity index (χ0v) is 16.0. The Bertz CT molecular complexity index is 899. The Morgan fingerprint density at radius 1 is 1.26 bits per heavy atom. The van der Waals surface area contributed by atoms with Crippen molar-refractivity contribution in [2.75, 3.05) is 7.11 Å². The van der Waals surface area contributed by atoms with Crippen molar-refractivity contribution in [2.45, 2.75) is 49.0 Å². The van der Waals surface area contributed by atoms with Crippen LogP contribution < -0.4 is 9.46 Å². The van der Waals surface area contributed by atoms with Gasteiger partial charge in [0, 0.05) is 36.5 Å². The fourth-order valence-electron chi connectivity index (χ4n) is 3.71. The minimum absolute atomic E-state index is 0.0470. The summed E-state index contributed by atoms with van der Waals surface area (Å²) in [5.41, 5.74) is 0.376. The number of hydrogen-bond acceptors (Lipinski definition) is 4. The van der Waals surface area contributed by atoms with E-state index < -0.39 is 26.9 Å². The van der Waals surface area contributed by atoms with Crippen molar-refractivity contribution in [1.82, 2.24) is 14.5 Å². The maximum absolute atomic E-state index is 13.4. The lowest BCUT2D eigenvalue weighted by Crippen LogP contribution is -2.41. The van der Waals surface area contributed by atoms with Crippen LogP contribution in [0.5, 0.6) is 5.75 Å². The van der Waals surface area contributed by atoms with E-state index in [0.29, 0.717) is 6.42 Å². The second-order valence-electron chi connectivity index (χ2n) is 6.70. The monoisotopic (exact) mass is 399 g/mol. The molecule has 0 radical (unpaired) electrons. The number of methoxy groups -OCH3 is 1. The van der Waals surface area contributed by atoms with E-state index in [1.165, 1.54) is 19.2 Å². The zero-order chi connectivity index (χ0) is 19.6. The molecule has 0 bridgehead atoms. The topological polar surface area (TPSA) is 73.2 Å². The number of hydrogen-bond donors (Lipinski definition) is 1. The Labute approximate surface area is 157 Å². The Hall–Kier alpha value is -2.00. The molecule has 1 heterocycles. The molecular weight excluding hydrogens is 376 g/mol. The molecule has 9 heteroatoms. The SMILES string of the molecule is COc1ccc(S(=O)(=O)N[C@@H]2CCCC[C@@H]2c2ccnn2C)c(C(F)F)c1. The second-order valence-corrected chi connectivity index (χ2v) is 8.39. The van der Waals surface area contributed by atoms with Crippen molar-refractivity contribution in [1.29, 1.82) is 0 Å². The third kappa shape index (κ3) is 4.14. The summed E-state index contributed by atoms with van der Waals surface area (Å²) in [4.78, 5) is -0.410. The van der Waals surface area contributed by atoms with Crippen LogP contribution >= 0.6 is 0 Å². The molecule has 27 heavy (non-hydrogen) atoms. The van der Waals surface area contributed by atoms with Gasteiger partial charge in [-0.2, -0.15) is 5.10 Å². The molecule has 2 atom stereocenters. The molecule has 1 aromatic carbocycles. The van der Waals surface area contributed by atoms with Crippen molar-refractivity contribution in [2.24, 2.45) is 7.05 Å². The summed E-state index contributed by atoms with van der Waals surface area (Å²) in [6, 6.07) is 5.12. The minimum Gasteiger partial charge on any atom is -0.497 e. The minimum atomic E-state index is -4.11. The van der Waals surface area contributed by atoms with E-state index in [1.54, 1.807) is 10.9 Å². The Kier molecular flexibility index (Phi) is 5.81. The van der Waals surface area contributed by atoms with Gasteiger partial charge in [-0.1, -0.05) is 12.8 Å². The van der Waals surface area contributed by atoms with Crippen LogP contribution in [-0.4, -0.2) is 31.3 Å². The summed E-state index contributed by atoms with van der Waals surface area (Å²) < 4.78 is 62.1. The van der Waals surface area contributed by atoms with Crippen LogP contribution in [0.4, 0.5) is 8.78 Å². The summed E-state index contributed by atoms with van der Waals surface area (Å²) in [5.74, 6) is 0.143. The maximum atomic E-state index is 13.4. The van der Waals surface area contributed by atoms with Gasteiger partial charge in [0.05, 0.1) is 12.0 Å². The molecule has 0 unspecified atom stereocenters. The first kappa shape index (κ1) is 19.8. The number of nitrogens with zero attached hydrogens (tertiary/aromatic N) is 2. The highest BCUT2D eigenvalue weighted by molar-refractivity contribution is 7.89. The normalized spacial score (nSPS) is 20.8. The van der Waals surface area contributed by atoms with E-state index in [4.69, 9.17) is 4.74 Å². The molecule has 1 fully saturated rings. The first-order chi connectivity index (χ1) is 12.8. The van der Waals surface area contributed by atoms with Crippen LogP contribution in [0.2, 0.25) is 0 Å². The molecule has 1 saturated carbocycles. The van der Waals surface area contributed by atoms with E-state index in [9.17, 15) is 17.2 Å². The molecule has 148 valence electrons. The highest BCUT2D eigenvalue weighted by Gasteiger charge is 2.33. The van der Waals surface area contributed by atoms with Crippen molar-refractivity contribution in [3.63, 3.8) is 0 Å². The number of sulfonamides is 1. The standard InChI is InChI=1S/C18H23F2N3O3S/c1-23-16(9-10-21-23)13-5-3-4-6-15(13)22-27(24,25)17-8-7-12(26-2)11-14(17)18(19)20/h7-11,13,15,18,22H,3-6H2,1-2H3/t13-,15+/m0/s1. The van der Waals surface area contributed by atoms with Crippen LogP contribution in [0, 0.1) is 0 Å². The molecule has 0 aliphatic heterocycles. The van der Waals surface area contributed by atoms with E-state index in [1.807, 2.05) is 13.1 Å². The van der Waals surface area contributed by atoms with Crippen LogP contribution in [0.1, 0.15) is 49.3 Å². The summed E-state index contributed by atoms with van der Waals surface area (Å²) in [5, 5.41) is 4.16. The molecule has 3 rings (SSSR count). The molecule has 0 saturated heterocycles. The van der Waals surface area contributed by atoms with Crippen molar-refractivity contribution in [3.05, 3.63) is 41.7 Å². The molecular formula is C18H23F2N3O3S. The number of aromatic nitrogens is 2. The number of rotatable bonds is 6. The van der Waals surface area contributed by atoms with Crippen molar-refractivity contribution < 1.29 is 21.9 Å². The number of ether oxygens (including phenoxy) is 1. The predicted octanol–water partition coefficient (Wildman–Crippen LogP) is 3.37. The van der Waals surface area contributed by atoms with Gasteiger partial charge in [0.15, 0.2) is 0 Å². The third-order valence-electron chi connectivity index (χ3n) is 5.05. The highest BCUT2D eigenvalue weighted by atomic mass is 32.2. The van der Waals surface area contributed by atoms with Gasteiger partial charge in [-0.15, -0.1) is 0 Å². The molecule has 0 spiro atoms. The zero-order valence-electron chi connectivity index (χ0n) is 15.2. The Morgan fingerprint density at radius 2 is 2.00 bits per heavy atom. The number of alkyl halides is 2. The van der Waals surface area contributed by atoms with Crippen LogP contribution in [-0.2, 0) is 17.1 Å². The molecule has 1 aliphatic carbocycles. The Morgan fingerprint density at radius 3 is 2.63 bits per heavy atom. The van der Waals surface area contributed by atoms with Gasteiger partial charge < -0.3 is 4.74 Å². The molecule has 1 N–H and O–H groups in total. The van der Waals surface area contributed by atoms with Crippen LogP contribution in [0.15, 0.2) is 35.4 Å². The first-order valence-electron chi connectivity index (χ1n) is 8.80. The average molecular weight is 399 g/mol. The van der Waals surface area contributed by atoms with E-state index in [2.05, 4.69) is 9.82 Å². The van der Waals surface area contributed by atoms with E-state index in [0.717, 1.165) is 31.0 Å². The Balaban J connectivity index is 1.92. The van der Waals surface area contributed by atoms with Crippen LogP contribution in [0.25, 0.3) is 0 Å². The summed E-state index contributed by atoms with van der Waals surface area (Å²) in [6.07, 6.45) is 2.08. The van der Waals surface area contributed by atoms with Crippen molar-refractivity contribution in [3.8, 4) is 5.75 Å². The van der Waals surface area contributed by atoms with Gasteiger partial charge in [-0.25, -0.2) is 21.9 Å². The molecule has 0 amide bonds. The average Bonchev–Trinajstić information content (AvgIpc) is 3.07. The molecule has 1 aromatic heterocycles. The fourth-order valence-corrected chi connectivity index (χ4v) is 5.22. The van der Waals surface area contributed by atoms with Crippen LogP contribution in [0.3, 0.4) is 0 Å². The smallest absolute Gasteiger partial charge is 0.265 e. The van der Waals surface area contributed by atoms with Gasteiger partial charge in [0.2, 0.25) is 10.0 Å². The van der Waals surface area contributed by atoms with Gasteiger partial charge in [0.25, 0.3) is 6.43 Å². The summed E-state index contributed by atoms with van der Waals surface area (Å²) in [7, 11) is -0.954. The van der Waals surface area contributed by atoms with Gasteiger partial charge in [-0.05, 0) is 37.1 Å². The largest absolute Gasteiger partial charge is 0.497 e. The number of benzene rings is 1. The van der Waals surface area contributed by atoms with Crippen molar-refractivity contribution >= 4 is 10.0 Å². The van der Waals surface area contributed by atoms with E-state index in [-0.39, 0.29) is 17.7 Å². The third-order valence-corrected chi connectivity index (χ3v) is 6.62. The molecule has 1 aliphatic rings. The maximum Gasteiger partial charge on any atom is 0.265 e. The molecule has 2 aromatic rings. The first-order valence-corrected chi connectivity index (χ1v) is 10.3. The highest BCUT2D eigenvalue weighted by Crippen LogP contribution is 2.35. The summed E-state index contributed by atoms with van der Waals surface area (Å²) in [6.45, 7) is 0. The lowest BCUT2D eigenvalue weighted by molar-refractivity contribution is 0.147. The number of nitrogens with one attached hydrogen (secondary N) is 1. The lowest BCUT2D eigenvalue weighted by atomic mass is 9.83.